The van der Waals surface area contributed by atoms with Crippen molar-refractivity contribution in [1.29, 1.82) is 0 Å². The highest BCUT2D eigenvalue weighted by molar-refractivity contribution is 6.33. The summed E-state index contributed by atoms with van der Waals surface area (Å²) in [5.41, 5.74) is 3.87. The van der Waals surface area contributed by atoms with E-state index in [0.717, 1.165) is 5.69 Å². The quantitative estimate of drug-likeness (QED) is 0.537. The van der Waals surface area contributed by atoms with Crippen LogP contribution in [-0.2, 0) is 4.79 Å². The van der Waals surface area contributed by atoms with E-state index in [0.29, 0.717) is 16.3 Å². The molecule has 0 unspecified atom stereocenters. The molecule has 1 aromatic heterocycles. The Hall–Kier alpha value is -3.26. The Bertz CT molecular complexity index is 865. The summed E-state index contributed by atoms with van der Waals surface area (Å²) in [5, 5.41) is 15.3. The molecular formula is C16H13ClN6O2. The highest BCUT2D eigenvalue weighted by Crippen LogP contribution is 2.14. The minimum Gasteiger partial charge on any atom is -0.484 e. The molecule has 0 spiro atoms. The summed E-state index contributed by atoms with van der Waals surface area (Å²) in [6.45, 7) is -0.163. The number of hydrazone groups is 1. The van der Waals surface area contributed by atoms with Gasteiger partial charge in [0.25, 0.3) is 5.91 Å². The van der Waals surface area contributed by atoms with Crippen LogP contribution in [0.2, 0.25) is 5.02 Å². The molecule has 1 N–H and O–H groups in total. The van der Waals surface area contributed by atoms with E-state index in [1.54, 1.807) is 36.4 Å². The monoisotopic (exact) mass is 356 g/mol. The Labute approximate surface area is 148 Å². The van der Waals surface area contributed by atoms with Crippen molar-refractivity contribution in [3.63, 3.8) is 0 Å². The molecule has 3 rings (SSSR count). The number of halogens is 1. The standard InChI is InChI=1S/C16H13ClN6O2/c17-15-4-2-1-3-12(15)9-18-20-16(24)10-25-14-7-5-13(6-8-14)23-11-19-21-22-23/h1-9,11H,10H2,(H,20,24)/b18-9+. The second-order valence-corrected chi connectivity index (χ2v) is 5.26. The van der Waals surface area contributed by atoms with Gasteiger partial charge in [-0.1, -0.05) is 29.8 Å². The number of nitrogens with zero attached hydrogens (tertiary/aromatic N) is 5. The summed E-state index contributed by atoms with van der Waals surface area (Å²) >= 11 is 5.99. The molecule has 1 amide bonds. The average molecular weight is 357 g/mol. The van der Waals surface area contributed by atoms with Gasteiger partial charge in [0.15, 0.2) is 6.61 Å². The number of benzene rings is 2. The fourth-order valence-electron chi connectivity index (χ4n) is 1.91. The fourth-order valence-corrected chi connectivity index (χ4v) is 2.09. The first-order chi connectivity index (χ1) is 12.2. The maximum atomic E-state index is 11.7. The molecule has 0 atom stereocenters. The number of nitrogens with one attached hydrogen (secondary N) is 1. The van der Waals surface area contributed by atoms with Gasteiger partial charge in [-0.15, -0.1) is 5.10 Å². The number of aromatic nitrogens is 4. The van der Waals surface area contributed by atoms with Crippen molar-refractivity contribution in [3.05, 3.63) is 65.4 Å². The van der Waals surface area contributed by atoms with Crippen LogP contribution in [0.4, 0.5) is 0 Å². The van der Waals surface area contributed by atoms with Gasteiger partial charge in [-0.3, -0.25) is 4.79 Å². The zero-order valence-electron chi connectivity index (χ0n) is 12.9. The molecule has 25 heavy (non-hydrogen) atoms. The van der Waals surface area contributed by atoms with E-state index in [9.17, 15) is 4.79 Å². The van der Waals surface area contributed by atoms with Crippen LogP contribution in [0.3, 0.4) is 0 Å². The van der Waals surface area contributed by atoms with Gasteiger partial charge in [0.1, 0.15) is 12.1 Å². The second-order valence-electron chi connectivity index (χ2n) is 4.85. The van der Waals surface area contributed by atoms with Gasteiger partial charge in [0.2, 0.25) is 0 Å². The highest BCUT2D eigenvalue weighted by Gasteiger charge is 2.03. The van der Waals surface area contributed by atoms with Crippen molar-refractivity contribution in [2.45, 2.75) is 0 Å². The number of tetrazole rings is 1. The maximum Gasteiger partial charge on any atom is 0.277 e. The topological polar surface area (TPSA) is 94.3 Å². The van der Waals surface area contributed by atoms with Crippen LogP contribution in [0, 0.1) is 0 Å². The van der Waals surface area contributed by atoms with Gasteiger partial charge < -0.3 is 4.74 Å². The van der Waals surface area contributed by atoms with Gasteiger partial charge in [0, 0.05) is 10.6 Å². The molecule has 2 aromatic carbocycles. The van der Waals surface area contributed by atoms with Crippen LogP contribution in [-0.4, -0.2) is 38.9 Å². The highest BCUT2D eigenvalue weighted by atomic mass is 35.5. The molecule has 0 aliphatic rings. The lowest BCUT2D eigenvalue weighted by molar-refractivity contribution is -0.123. The summed E-state index contributed by atoms with van der Waals surface area (Å²) in [6, 6.07) is 14.2. The molecule has 1 heterocycles. The second kappa shape index (κ2) is 8.02. The van der Waals surface area contributed by atoms with Crippen LogP contribution in [0.25, 0.3) is 5.69 Å². The normalized spacial score (nSPS) is 10.8. The van der Waals surface area contributed by atoms with Crippen molar-refractivity contribution < 1.29 is 9.53 Å². The summed E-state index contributed by atoms with van der Waals surface area (Å²) < 4.78 is 6.91. The van der Waals surface area contributed by atoms with E-state index in [1.165, 1.54) is 17.2 Å². The van der Waals surface area contributed by atoms with Crippen molar-refractivity contribution in [3.8, 4) is 11.4 Å². The molecular weight excluding hydrogens is 344 g/mol. The minimum absolute atomic E-state index is 0.163. The average Bonchev–Trinajstić information content (AvgIpc) is 3.17. The number of carbonyl (C=O) groups is 1. The molecule has 0 bridgehead atoms. The predicted octanol–water partition coefficient (Wildman–Crippen LogP) is 1.84. The van der Waals surface area contributed by atoms with Gasteiger partial charge >= 0.3 is 0 Å². The zero-order chi connectivity index (χ0) is 17.5. The molecule has 126 valence electrons. The fraction of sp³-hybridized carbons (Fsp3) is 0.0625. The van der Waals surface area contributed by atoms with Gasteiger partial charge in [-0.2, -0.15) is 5.10 Å². The van der Waals surface area contributed by atoms with Crippen LogP contribution < -0.4 is 10.2 Å². The maximum absolute atomic E-state index is 11.7. The van der Waals surface area contributed by atoms with Crippen molar-refractivity contribution >= 4 is 23.7 Å². The lowest BCUT2D eigenvalue weighted by atomic mass is 10.2. The van der Waals surface area contributed by atoms with Crippen LogP contribution >= 0.6 is 11.6 Å². The molecule has 9 heteroatoms. The minimum atomic E-state index is -0.382. The Morgan fingerprint density at radius 3 is 2.76 bits per heavy atom. The van der Waals surface area contributed by atoms with Gasteiger partial charge in [-0.05, 0) is 40.8 Å². The lowest BCUT2D eigenvalue weighted by Crippen LogP contribution is -2.24. The predicted molar refractivity (Wildman–Crippen MR) is 91.8 cm³/mol. The smallest absolute Gasteiger partial charge is 0.277 e. The Kier molecular flexibility index (Phi) is 5.32. The third-order valence-electron chi connectivity index (χ3n) is 3.12. The number of ether oxygens (including phenoxy) is 1. The molecule has 0 aliphatic heterocycles. The van der Waals surface area contributed by atoms with E-state index in [1.807, 2.05) is 12.1 Å². The van der Waals surface area contributed by atoms with E-state index >= 15 is 0 Å². The third kappa shape index (κ3) is 4.61. The first-order valence-corrected chi connectivity index (χ1v) is 7.63. The molecule has 0 aliphatic carbocycles. The SMILES string of the molecule is O=C(COc1ccc(-n2cnnn2)cc1)N/N=C/c1ccccc1Cl. The van der Waals surface area contributed by atoms with E-state index < -0.39 is 0 Å². The number of amides is 1. The molecule has 0 radical (unpaired) electrons. The van der Waals surface area contributed by atoms with Crippen LogP contribution in [0.15, 0.2) is 60.0 Å². The molecule has 0 fully saturated rings. The Morgan fingerprint density at radius 1 is 1.24 bits per heavy atom. The summed E-state index contributed by atoms with van der Waals surface area (Å²) in [4.78, 5) is 11.7. The number of carbonyl (C=O) groups excluding carboxylic acids is 1. The van der Waals surface area contributed by atoms with Gasteiger partial charge in [-0.25, -0.2) is 10.1 Å². The van der Waals surface area contributed by atoms with Crippen LogP contribution in [0.1, 0.15) is 5.56 Å². The van der Waals surface area contributed by atoms with Crippen molar-refractivity contribution in [1.82, 2.24) is 25.6 Å². The molecule has 3 aromatic rings. The van der Waals surface area contributed by atoms with Gasteiger partial charge in [0.05, 0.1) is 11.9 Å². The number of hydrogen-bond acceptors (Lipinski definition) is 6. The van der Waals surface area contributed by atoms with Crippen LogP contribution in [0.5, 0.6) is 5.75 Å². The number of hydrogen-bond donors (Lipinski definition) is 1. The summed E-state index contributed by atoms with van der Waals surface area (Å²) in [5.74, 6) is 0.162. The molecule has 0 saturated heterocycles. The van der Waals surface area contributed by atoms with E-state index in [2.05, 4.69) is 26.1 Å². The largest absolute Gasteiger partial charge is 0.484 e. The lowest BCUT2D eigenvalue weighted by Gasteiger charge is -2.06. The third-order valence-corrected chi connectivity index (χ3v) is 3.46. The first kappa shape index (κ1) is 16.6. The summed E-state index contributed by atoms with van der Waals surface area (Å²) in [6.07, 6.45) is 2.96. The Morgan fingerprint density at radius 2 is 2.04 bits per heavy atom. The van der Waals surface area contributed by atoms with E-state index in [4.69, 9.17) is 16.3 Å². The molecule has 8 nitrogen and oxygen atoms in total. The first-order valence-electron chi connectivity index (χ1n) is 7.25. The Balaban J connectivity index is 1.48. The number of rotatable bonds is 6. The van der Waals surface area contributed by atoms with E-state index in [-0.39, 0.29) is 12.5 Å². The molecule has 0 saturated carbocycles. The zero-order valence-corrected chi connectivity index (χ0v) is 13.7. The summed E-state index contributed by atoms with van der Waals surface area (Å²) in [7, 11) is 0. The van der Waals surface area contributed by atoms with Crippen molar-refractivity contribution in [2.75, 3.05) is 6.61 Å². The van der Waals surface area contributed by atoms with Crippen molar-refractivity contribution in [2.24, 2.45) is 5.10 Å².